The van der Waals surface area contributed by atoms with Crippen molar-refractivity contribution >= 4 is 5.95 Å². The molecular weight excluding hydrogens is 220 g/mol. The molecular formula is C11H18N4O2. The molecule has 0 spiro atoms. The third-order valence-corrected chi connectivity index (χ3v) is 2.64. The number of aromatic nitrogens is 2. The molecule has 94 valence electrons. The SMILES string of the molecule is COc1nc(NCCCN)nc2c1COCC2. The monoisotopic (exact) mass is 238 g/mol. The second-order valence-corrected chi connectivity index (χ2v) is 3.85. The Balaban J connectivity index is 2.17. The van der Waals surface area contributed by atoms with E-state index >= 15 is 0 Å². The minimum absolute atomic E-state index is 0.529. The molecule has 6 nitrogen and oxygen atoms in total. The van der Waals surface area contributed by atoms with Gasteiger partial charge in [-0.3, -0.25) is 0 Å². The van der Waals surface area contributed by atoms with Gasteiger partial charge in [-0.05, 0) is 13.0 Å². The van der Waals surface area contributed by atoms with Crippen LogP contribution in [0.3, 0.4) is 0 Å². The Hall–Kier alpha value is -1.40. The number of hydrogen-bond donors (Lipinski definition) is 2. The average Bonchev–Trinajstić information content (AvgIpc) is 2.38. The van der Waals surface area contributed by atoms with Gasteiger partial charge < -0.3 is 20.5 Å². The molecule has 1 aromatic rings. The van der Waals surface area contributed by atoms with Crippen molar-refractivity contribution in [1.29, 1.82) is 0 Å². The summed E-state index contributed by atoms with van der Waals surface area (Å²) in [5.74, 6) is 1.21. The van der Waals surface area contributed by atoms with E-state index in [1.54, 1.807) is 7.11 Å². The fourth-order valence-electron chi connectivity index (χ4n) is 1.75. The molecule has 6 heteroatoms. The van der Waals surface area contributed by atoms with Crippen molar-refractivity contribution in [3.63, 3.8) is 0 Å². The van der Waals surface area contributed by atoms with Crippen molar-refractivity contribution in [3.05, 3.63) is 11.3 Å². The lowest BCUT2D eigenvalue weighted by atomic mass is 10.1. The Bertz CT molecular complexity index is 367. The lowest BCUT2D eigenvalue weighted by molar-refractivity contribution is 0.106. The molecule has 1 aromatic heterocycles. The third kappa shape index (κ3) is 2.83. The summed E-state index contributed by atoms with van der Waals surface area (Å²) in [7, 11) is 1.61. The lowest BCUT2D eigenvalue weighted by Crippen LogP contribution is -2.17. The number of nitrogens with zero attached hydrogens (tertiary/aromatic N) is 2. The molecule has 0 saturated heterocycles. The van der Waals surface area contributed by atoms with E-state index in [0.717, 1.165) is 30.6 Å². The van der Waals surface area contributed by atoms with E-state index in [-0.39, 0.29) is 0 Å². The highest BCUT2D eigenvalue weighted by atomic mass is 16.5. The van der Waals surface area contributed by atoms with Crippen molar-refractivity contribution in [2.75, 3.05) is 32.1 Å². The topological polar surface area (TPSA) is 82.3 Å². The molecule has 0 aliphatic carbocycles. The summed E-state index contributed by atoms with van der Waals surface area (Å²) in [6.07, 6.45) is 1.70. The number of nitrogens with two attached hydrogens (primary N) is 1. The summed E-state index contributed by atoms with van der Waals surface area (Å²) in [6, 6.07) is 0. The van der Waals surface area contributed by atoms with Gasteiger partial charge in [-0.15, -0.1) is 0 Å². The van der Waals surface area contributed by atoms with Gasteiger partial charge >= 0.3 is 0 Å². The summed E-state index contributed by atoms with van der Waals surface area (Å²) >= 11 is 0. The Morgan fingerprint density at radius 3 is 3.12 bits per heavy atom. The Morgan fingerprint density at radius 1 is 1.47 bits per heavy atom. The van der Waals surface area contributed by atoms with Gasteiger partial charge in [0.25, 0.3) is 0 Å². The molecule has 0 radical (unpaired) electrons. The smallest absolute Gasteiger partial charge is 0.226 e. The Morgan fingerprint density at radius 2 is 2.35 bits per heavy atom. The predicted molar refractivity (Wildman–Crippen MR) is 64.1 cm³/mol. The van der Waals surface area contributed by atoms with Crippen LogP contribution in [0.5, 0.6) is 5.88 Å². The quantitative estimate of drug-likeness (QED) is 0.719. The van der Waals surface area contributed by atoms with Gasteiger partial charge in [-0.1, -0.05) is 0 Å². The molecule has 1 aliphatic heterocycles. The van der Waals surface area contributed by atoms with E-state index in [4.69, 9.17) is 15.2 Å². The van der Waals surface area contributed by atoms with Crippen LogP contribution in [0.15, 0.2) is 0 Å². The van der Waals surface area contributed by atoms with Crippen molar-refractivity contribution < 1.29 is 9.47 Å². The molecule has 2 heterocycles. The minimum Gasteiger partial charge on any atom is -0.481 e. The predicted octanol–water partition coefficient (Wildman–Crippen LogP) is 0.319. The number of fused-ring (bicyclic) bond motifs is 1. The molecule has 1 aliphatic rings. The van der Waals surface area contributed by atoms with Crippen LogP contribution in [0.4, 0.5) is 5.95 Å². The van der Waals surface area contributed by atoms with Gasteiger partial charge in [0.1, 0.15) is 0 Å². The van der Waals surface area contributed by atoms with Crippen LogP contribution in [0, 0.1) is 0 Å². The standard InChI is InChI=1S/C11H18N4O2/c1-16-10-8-7-17-6-3-9(8)14-11(15-10)13-5-2-4-12/h2-7,12H2,1H3,(H,13,14,15). The first-order valence-corrected chi connectivity index (χ1v) is 5.80. The van der Waals surface area contributed by atoms with Crippen LogP contribution in [-0.4, -0.2) is 36.8 Å². The molecule has 17 heavy (non-hydrogen) atoms. The fourth-order valence-corrected chi connectivity index (χ4v) is 1.75. The number of methoxy groups -OCH3 is 1. The van der Waals surface area contributed by atoms with Gasteiger partial charge in [-0.2, -0.15) is 4.98 Å². The summed E-state index contributed by atoms with van der Waals surface area (Å²) < 4.78 is 10.6. The molecule has 0 bridgehead atoms. The van der Waals surface area contributed by atoms with Crippen molar-refractivity contribution in [2.45, 2.75) is 19.4 Å². The molecule has 0 fully saturated rings. The number of anilines is 1. The number of ether oxygens (including phenoxy) is 2. The molecule has 0 atom stereocenters. The molecule has 0 aromatic carbocycles. The summed E-state index contributed by atoms with van der Waals surface area (Å²) in [6.45, 7) is 2.66. The zero-order valence-corrected chi connectivity index (χ0v) is 10.0. The highest BCUT2D eigenvalue weighted by Crippen LogP contribution is 2.25. The first-order valence-electron chi connectivity index (χ1n) is 5.80. The fraction of sp³-hybridized carbons (Fsp3) is 0.636. The molecule has 3 N–H and O–H groups in total. The molecule has 2 rings (SSSR count). The van der Waals surface area contributed by atoms with Crippen LogP contribution in [0.2, 0.25) is 0 Å². The van der Waals surface area contributed by atoms with Crippen molar-refractivity contribution in [1.82, 2.24) is 9.97 Å². The maximum absolute atomic E-state index is 5.44. The first-order chi connectivity index (χ1) is 8.35. The molecule has 0 unspecified atom stereocenters. The minimum atomic E-state index is 0.529. The van der Waals surface area contributed by atoms with Gasteiger partial charge in [-0.25, -0.2) is 4.98 Å². The second-order valence-electron chi connectivity index (χ2n) is 3.85. The zero-order chi connectivity index (χ0) is 12.1. The van der Waals surface area contributed by atoms with Crippen molar-refractivity contribution in [2.24, 2.45) is 5.73 Å². The maximum atomic E-state index is 5.44. The average molecular weight is 238 g/mol. The molecule has 0 saturated carbocycles. The maximum Gasteiger partial charge on any atom is 0.226 e. The van der Waals surface area contributed by atoms with Crippen LogP contribution in [-0.2, 0) is 17.8 Å². The summed E-state index contributed by atoms with van der Waals surface area (Å²) in [4.78, 5) is 8.78. The van der Waals surface area contributed by atoms with E-state index in [1.807, 2.05) is 0 Å². The first kappa shape index (κ1) is 12.1. The van der Waals surface area contributed by atoms with Crippen LogP contribution >= 0.6 is 0 Å². The van der Waals surface area contributed by atoms with E-state index in [0.29, 0.717) is 31.6 Å². The highest BCUT2D eigenvalue weighted by molar-refractivity contribution is 5.39. The lowest BCUT2D eigenvalue weighted by Gasteiger charge is -2.18. The van der Waals surface area contributed by atoms with E-state index in [2.05, 4.69) is 15.3 Å². The normalized spacial score (nSPS) is 14.2. The van der Waals surface area contributed by atoms with Crippen LogP contribution in [0.1, 0.15) is 17.7 Å². The number of hydrogen-bond acceptors (Lipinski definition) is 6. The van der Waals surface area contributed by atoms with Gasteiger partial charge in [0, 0.05) is 13.0 Å². The zero-order valence-electron chi connectivity index (χ0n) is 10.0. The Labute approximate surface area is 101 Å². The Kier molecular flexibility index (Phi) is 4.11. The van der Waals surface area contributed by atoms with E-state index in [9.17, 15) is 0 Å². The second kappa shape index (κ2) is 5.79. The summed E-state index contributed by atoms with van der Waals surface area (Å²) in [5.41, 5.74) is 7.41. The largest absolute Gasteiger partial charge is 0.481 e. The highest BCUT2D eigenvalue weighted by Gasteiger charge is 2.18. The van der Waals surface area contributed by atoms with Crippen molar-refractivity contribution in [3.8, 4) is 5.88 Å². The number of nitrogens with one attached hydrogen (secondary N) is 1. The van der Waals surface area contributed by atoms with Gasteiger partial charge in [0.2, 0.25) is 11.8 Å². The van der Waals surface area contributed by atoms with E-state index in [1.165, 1.54) is 0 Å². The molecule has 0 amide bonds. The van der Waals surface area contributed by atoms with E-state index < -0.39 is 0 Å². The van der Waals surface area contributed by atoms with Crippen LogP contribution in [0.25, 0.3) is 0 Å². The van der Waals surface area contributed by atoms with Crippen LogP contribution < -0.4 is 15.8 Å². The number of rotatable bonds is 5. The third-order valence-electron chi connectivity index (χ3n) is 2.64. The van der Waals surface area contributed by atoms with Gasteiger partial charge in [0.05, 0.1) is 31.6 Å². The summed E-state index contributed by atoms with van der Waals surface area (Å²) in [5, 5.41) is 3.15. The van der Waals surface area contributed by atoms with Gasteiger partial charge in [0.15, 0.2) is 0 Å².